The highest BCUT2D eigenvalue weighted by Crippen LogP contribution is 2.29. The molecule has 3 rings (SSSR count). The summed E-state index contributed by atoms with van der Waals surface area (Å²) < 4.78 is 22.6. The molecule has 0 bridgehead atoms. The van der Waals surface area contributed by atoms with Crippen molar-refractivity contribution in [2.75, 3.05) is 0 Å². The number of nitrogens with one attached hydrogen (secondary N) is 1. The Kier molecular flexibility index (Phi) is 5.67. The van der Waals surface area contributed by atoms with Crippen molar-refractivity contribution in [3.05, 3.63) is 76.1 Å². The van der Waals surface area contributed by atoms with Gasteiger partial charge >= 0.3 is 0 Å². The summed E-state index contributed by atoms with van der Waals surface area (Å²) in [6.45, 7) is 1.83. The third-order valence-electron chi connectivity index (χ3n) is 4.01. The first-order valence-electron chi connectivity index (χ1n) is 8.03. The molecule has 0 spiro atoms. The summed E-state index contributed by atoms with van der Waals surface area (Å²) in [4.78, 5) is 14.1. The van der Waals surface area contributed by atoms with Crippen LogP contribution in [0.1, 0.15) is 28.2 Å². The quantitative estimate of drug-likeness (QED) is 0.647. The molecular formula is C19H17ClN2O3S2. The van der Waals surface area contributed by atoms with Crippen molar-refractivity contribution in [3.8, 4) is 10.4 Å². The number of hydrogen-bond donors (Lipinski definition) is 2. The molecule has 27 heavy (non-hydrogen) atoms. The van der Waals surface area contributed by atoms with Gasteiger partial charge in [0.05, 0.1) is 15.8 Å². The molecule has 1 unspecified atom stereocenters. The second-order valence-corrected chi connectivity index (χ2v) is 9.06. The van der Waals surface area contributed by atoms with E-state index >= 15 is 0 Å². The molecular weight excluding hydrogens is 404 g/mol. The molecule has 0 fully saturated rings. The zero-order valence-corrected chi connectivity index (χ0v) is 16.7. The standard InChI is InChI=1S/C19H17ClN2O3S2/c1-12(13-4-8-16(9-5-13)27(21,24)25)22-19(23)18-11-10-17(26-18)14-2-6-15(20)7-3-14/h2-12H,1H3,(H,22,23)(H2,21,24,25). The van der Waals surface area contributed by atoms with Gasteiger partial charge in [-0.25, -0.2) is 13.6 Å². The minimum Gasteiger partial charge on any atom is -0.345 e. The maximum atomic E-state index is 12.5. The summed E-state index contributed by atoms with van der Waals surface area (Å²) >= 11 is 7.30. The number of carbonyl (C=O) groups excluding carboxylic acids is 1. The van der Waals surface area contributed by atoms with Crippen LogP contribution in [0, 0.1) is 0 Å². The predicted octanol–water partition coefficient (Wildman–Crippen LogP) is 4.21. The van der Waals surface area contributed by atoms with Gasteiger partial charge in [-0.15, -0.1) is 11.3 Å². The molecule has 1 aromatic heterocycles. The molecule has 0 aliphatic carbocycles. The zero-order chi connectivity index (χ0) is 19.6. The molecule has 0 saturated carbocycles. The molecule has 0 radical (unpaired) electrons. The van der Waals surface area contributed by atoms with Crippen LogP contribution in [0.4, 0.5) is 0 Å². The maximum absolute atomic E-state index is 12.5. The second-order valence-electron chi connectivity index (χ2n) is 5.98. The maximum Gasteiger partial charge on any atom is 0.261 e. The van der Waals surface area contributed by atoms with Gasteiger partial charge in [0.25, 0.3) is 5.91 Å². The third kappa shape index (κ3) is 4.75. The fourth-order valence-electron chi connectivity index (χ4n) is 2.53. The Balaban J connectivity index is 1.71. The fraction of sp³-hybridized carbons (Fsp3) is 0.105. The molecule has 1 heterocycles. The highest BCUT2D eigenvalue weighted by atomic mass is 35.5. The summed E-state index contributed by atoms with van der Waals surface area (Å²) in [5.74, 6) is -0.191. The topological polar surface area (TPSA) is 89.3 Å². The number of rotatable bonds is 5. The van der Waals surface area contributed by atoms with Crippen LogP contribution in [0.5, 0.6) is 0 Å². The van der Waals surface area contributed by atoms with Crippen LogP contribution in [-0.2, 0) is 10.0 Å². The highest BCUT2D eigenvalue weighted by molar-refractivity contribution is 7.89. The van der Waals surface area contributed by atoms with Gasteiger partial charge in [0, 0.05) is 9.90 Å². The number of thiophene rings is 1. The Morgan fingerprint density at radius 2 is 1.67 bits per heavy atom. The summed E-state index contributed by atoms with van der Waals surface area (Å²) in [7, 11) is -3.73. The van der Waals surface area contributed by atoms with Crippen molar-refractivity contribution in [2.24, 2.45) is 5.14 Å². The molecule has 1 amide bonds. The van der Waals surface area contributed by atoms with E-state index in [9.17, 15) is 13.2 Å². The first-order chi connectivity index (χ1) is 12.7. The molecule has 5 nitrogen and oxygen atoms in total. The van der Waals surface area contributed by atoms with Crippen LogP contribution < -0.4 is 10.5 Å². The van der Waals surface area contributed by atoms with E-state index in [0.717, 1.165) is 16.0 Å². The Hall–Kier alpha value is -2.19. The summed E-state index contributed by atoms with van der Waals surface area (Å²) in [6, 6.07) is 17.0. The molecule has 1 atom stereocenters. The molecule has 0 aliphatic rings. The first-order valence-corrected chi connectivity index (χ1v) is 10.8. The van der Waals surface area contributed by atoms with Gasteiger partial charge in [0.2, 0.25) is 10.0 Å². The van der Waals surface area contributed by atoms with Crippen molar-refractivity contribution in [1.82, 2.24) is 5.32 Å². The monoisotopic (exact) mass is 420 g/mol. The van der Waals surface area contributed by atoms with Crippen molar-refractivity contribution < 1.29 is 13.2 Å². The minimum absolute atomic E-state index is 0.0376. The lowest BCUT2D eigenvalue weighted by atomic mass is 10.1. The van der Waals surface area contributed by atoms with Crippen LogP contribution >= 0.6 is 22.9 Å². The van der Waals surface area contributed by atoms with Crippen molar-refractivity contribution in [2.45, 2.75) is 17.9 Å². The Bertz CT molecular complexity index is 1060. The SMILES string of the molecule is CC(NC(=O)c1ccc(-c2ccc(Cl)cc2)s1)c1ccc(S(N)(=O)=O)cc1. The van der Waals surface area contributed by atoms with E-state index in [4.69, 9.17) is 16.7 Å². The van der Waals surface area contributed by atoms with Gasteiger partial charge in [-0.2, -0.15) is 0 Å². The van der Waals surface area contributed by atoms with E-state index in [2.05, 4.69) is 5.32 Å². The second kappa shape index (κ2) is 7.82. The first kappa shape index (κ1) is 19.6. The van der Waals surface area contributed by atoms with E-state index < -0.39 is 10.0 Å². The van der Waals surface area contributed by atoms with E-state index in [1.54, 1.807) is 18.2 Å². The third-order valence-corrected chi connectivity index (χ3v) is 6.33. The number of nitrogens with two attached hydrogens (primary N) is 1. The van der Waals surface area contributed by atoms with Gasteiger partial charge < -0.3 is 5.32 Å². The van der Waals surface area contributed by atoms with Crippen molar-refractivity contribution >= 4 is 38.9 Å². The number of carbonyl (C=O) groups is 1. The van der Waals surface area contributed by atoms with E-state index in [-0.39, 0.29) is 16.8 Å². The van der Waals surface area contributed by atoms with Crippen LogP contribution in [0.3, 0.4) is 0 Å². The lowest BCUT2D eigenvalue weighted by Crippen LogP contribution is -2.25. The van der Waals surface area contributed by atoms with E-state index in [1.807, 2.05) is 37.3 Å². The molecule has 3 aromatic rings. The fourth-order valence-corrected chi connectivity index (χ4v) is 4.08. The molecule has 2 aromatic carbocycles. The number of hydrogen-bond acceptors (Lipinski definition) is 4. The molecule has 0 saturated heterocycles. The lowest BCUT2D eigenvalue weighted by Gasteiger charge is -2.14. The number of primary sulfonamides is 1. The zero-order valence-electron chi connectivity index (χ0n) is 14.3. The summed E-state index contributed by atoms with van der Waals surface area (Å²) in [6.07, 6.45) is 0. The minimum atomic E-state index is -3.73. The number of sulfonamides is 1. The van der Waals surface area contributed by atoms with Gasteiger partial charge in [0.15, 0.2) is 0 Å². The van der Waals surface area contributed by atoms with E-state index in [0.29, 0.717) is 9.90 Å². The normalized spacial score (nSPS) is 12.6. The lowest BCUT2D eigenvalue weighted by molar-refractivity contribution is 0.0944. The van der Waals surface area contributed by atoms with Gasteiger partial charge in [-0.3, -0.25) is 4.79 Å². The Labute approximate surface area is 166 Å². The van der Waals surface area contributed by atoms with E-state index in [1.165, 1.54) is 23.5 Å². The van der Waals surface area contributed by atoms with Gasteiger partial charge in [0.1, 0.15) is 0 Å². The van der Waals surface area contributed by atoms with Gasteiger partial charge in [-0.05, 0) is 54.4 Å². The van der Waals surface area contributed by atoms with Crippen LogP contribution in [0.15, 0.2) is 65.6 Å². The predicted molar refractivity (Wildman–Crippen MR) is 108 cm³/mol. The highest BCUT2D eigenvalue weighted by Gasteiger charge is 2.15. The average Bonchev–Trinajstić information content (AvgIpc) is 3.12. The Morgan fingerprint density at radius 1 is 1.04 bits per heavy atom. The van der Waals surface area contributed by atoms with Crippen LogP contribution in [0.2, 0.25) is 5.02 Å². The van der Waals surface area contributed by atoms with Crippen molar-refractivity contribution in [3.63, 3.8) is 0 Å². The summed E-state index contributed by atoms with van der Waals surface area (Å²) in [5.41, 5.74) is 1.78. The van der Waals surface area contributed by atoms with Crippen LogP contribution in [0.25, 0.3) is 10.4 Å². The van der Waals surface area contributed by atoms with Crippen molar-refractivity contribution in [1.29, 1.82) is 0 Å². The Morgan fingerprint density at radius 3 is 2.26 bits per heavy atom. The number of benzene rings is 2. The van der Waals surface area contributed by atoms with Gasteiger partial charge in [-0.1, -0.05) is 35.9 Å². The smallest absolute Gasteiger partial charge is 0.261 e. The average molecular weight is 421 g/mol. The molecule has 3 N–H and O–H groups in total. The number of halogens is 1. The number of amides is 1. The van der Waals surface area contributed by atoms with Crippen LogP contribution in [-0.4, -0.2) is 14.3 Å². The molecule has 8 heteroatoms. The molecule has 140 valence electrons. The summed E-state index contributed by atoms with van der Waals surface area (Å²) in [5, 5.41) is 8.67. The molecule has 0 aliphatic heterocycles. The largest absolute Gasteiger partial charge is 0.345 e.